The van der Waals surface area contributed by atoms with Crippen LogP contribution in [0.5, 0.6) is 0 Å². The molecule has 1 heterocycles. The Bertz CT molecular complexity index is 285. The molecule has 0 aromatic carbocycles. The molecule has 0 saturated heterocycles. The Balaban J connectivity index is 2.50. The van der Waals surface area contributed by atoms with E-state index in [4.69, 9.17) is 0 Å². The Hall–Kier alpha value is -1.32. The number of ether oxygens (including phenoxy) is 1. The molecule has 0 bridgehead atoms. The normalized spacial score (nSPS) is 10.1. The van der Waals surface area contributed by atoms with E-state index >= 15 is 0 Å². The first-order chi connectivity index (χ1) is 6.13. The highest BCUT2D eigenvalue weighted by Gasteiger charge is 2.03. The van der Waals surface area contributed by atoms with E-state index in [1.165, 1.54) is 7.11 Å². The molecule has 0 saturated carbocycles. The Morgan fingerprint density at radius 2 is 2.31 bits per heavy atom. The number of rotatable bonds is 3. The van der Waals surface area contributed by atoms with E-state index in [-0.39, 0.29) is 5.97 Å². The molecule has 13 heavy (non-hydrogen) atoms. The fourth-order valence-electron chi connectivity index (χ4n) is 1.04. The van der Waals surface area contributed by atoms with Gasteiger partial charge in [-0.3, -0.25) is 9.48 Å². The number of nitrogens with zero attached hydrogens (tertiary/aromatic N) is 2. The molecule has 0 radical (unpaired) electrons. The summed E-state index contributed by atoms with van der Waals surface area (Å²) in [6, 6.07) is 0. The number of esters is 1. The standard InChI is InChI=1S/C9H14N2O2/c1-7-6-11(10-8(7)2)5-4-9(12)13-3/h6H,4-5H2,1-3H3. The fraction of sp³-hybridized carbons (Fsp3) is 0.556. The van der Waals surface area contributed by atoms with Gasteiger partial charge in [-0.1, -0.05) is 0 Å². The zero-order chi connectivity index (χ0) is 9.84. The van der Waals surface area contributed by atoms with Crippen LogP contribution in [0.3, 0.4) is 0 Å². The van der Waals surface area contributed by atoms with Gasteiger partial charge in [-0.15, -0.1) is 0 Å². The van der Waals surface area contributed by atoms with Gasteiger partial charge in [0.1, 0.15) is 0 Å². The van der Waals surface area contributed by atoms with Crippen molar-refractivity contribution in [2.75, 3.05) is 7.11 Å². The first-order valence-corrected chi connectivity index (χ1v) is 4.21. The van der Waals surface area contributed by atoms with Crippen LogP contribution in [0.1, 0.15) is 17.7 Å². The van der Waals surface area contributed by atoms with Gasteiger partial charge >= 0.3 is 5.97 Å². The summed E-state index contributed by atoms with van der Waals surface area (Å²) in [6.45, 7) is 4.53. The van der Waals surface area contributed by atoms with Crippen molar-refractivity contribution >= 4 is 5.97 Å². The van der Waals surface area contributed by atoms with Crippen molar-refractivity contribution in [3.8, 4) is 0 Å². The van der Waals surface area contributed by atoms with E-state index in [9.17, 15) is 4.79 Å². The average Bonchev–Trinajstić information content (AvgIpc) is 2.42. The smallest absolute Gasteiger partial charge is 0.307 e. The molecule has 4 heteroatoms. The van der Waals surface area contributed by atoms with Gasteiger partial charge in [0.05, 0.1) is 25.8 Å². The van der Waals surface area contributed by atoms with E-state index in [2.05, 4.69) is 9.84 Å². The van der Waals surface area contributed by atoms with Crippen molar-refractivity contribution in [1.82, 2.24) is 9.78 Å². The van der Waals surface area contributed by atoms with Crippen LogP contribution >= 0.6 is 0 Å². The van der Waals surface area contributed by atoms with Crippen LogP contribution < -0.4 is 0 Å². The lowest BCUT2D eigenvalue weighted by atomic mass is 10.3. The van der Waals surface area contributed by atoms with E-state index in [1.54, 1.807) is 4.68 Å². The van der Waals surface area contributed by atoms with Gasteiger partial charge in [0, 0.05) is 6.20 Å². The lowest BCUT2D eigenvalue weighted by Gasteiger charge is -1.99. The predicted molar refractivity (Wildman–Crippen MR) is 48.3 cm³/mol. The van der Waals surface area contributed by atoms with E-state index in [1.807, 2.05) is 20.0 Å². The number of hydrogen-bond acceptors (Lipinski definition) is 3. The maximum Gasteiger partial charge on any atom is 0.307 e. The molecule has 0 aliphatic rings. The zero-order valence-corrected chi connectivity index (χ0v) is 8.20. The van der Waals surface area contributed by atoms with E-state index in [0.717, 1.165) is 11.3 Å². The summed E-state index contributed by atoms with van der Waals surface area (Å²) in [5.74, 6) is -0.203. The molecular formula is C9H14N2O2. The third-order valence-corrected chi connectivity index (χ3v) is 1.96. The summed E-state index contributed by atoms with van der Waals surface area (Å²) in [5.41, 5.74) is 2.15. The van der Waals surface area contributed by atoms with Crippen LogP contribution in [0.15, 0.2) is 6.20 Å². The van der Waals surface area contributed by atoms with Crippen LogP contribution in [-0.2, 0) is 16.1 Å². The zero-order valence-electron chi connectivity index (χ0n) is 8.20. The highest BCUT2D eigenvalue weighted by molar-refractivity contribution is 5.68. The molecule has 1 aromatic rings. The molecule has 72 valence electrons. The summed E-state index contributed by atoms with van der Waals surface area (Å²) in [7, 11) is 1.39. The first-order valence-electron chi connectivity index (χ1n) is 4.21. The molecule has 0 N–H and O–H groups in total. The average molecular weight is 182 g/mol. The van der Waals surface area contributed by atoms with Crippen molar-refractivity contribution in [2.24, 2.45) is 0 Å². The fourth-order valence-corrected chi connectivity index (χ4v) is 1.04. The van der Waals surface area contributed by atoms with Crippen LogP contribution in [0.2, 0.25) is 0 Å². The molecule has 4 nitrogen and oxygen atoms in total. The monoisotopic (exact) mass is 182 g/mol. The predicted octanol–water partition coefficient (Wildman–Crippen LogP) is 1.06. The molecular weight excluding hydrogens is 168 g/mol. The summed E-state index contributed by atoms with van der Waals surface area (Å²) >= 11 is 0. The maximum atomic E-state index is 10.8. The molecule has 0 aliphatic carbocycles. The van der Waals surface area contributed by atoms with Crippen LogP contribution in [-0.4, -0.2) is 22.9 Å². The minimum Gasteiger partial charge on any atom is -0.469 e. The summed E-state index contributed by atoms with van der Waals surface area (Å²) in [5, 5.41) is 4.23. The second-order valence-electron chi connectivity index (χ2n) is 2.99. The van der Waals surface area contributed by atoms with Gasteiger partial charge in [0.2, 0.25) is 0 Å². The van der Waals surface area contributed by atoms with Gasteiger partial charge in [-0.05, 0) is 19.4 Å². The van der Waals surface area contributed by atoms with E-state index < -0.39 is 0 Å². The molecule has 0 spiro atoms. The van der Waals surface area contributed by atoms with Crippen molar-refractivity contribution in [2.45, 2.75) is 26.8 Å². The number of aryl methyl sites for hydroxylation is 3. The molecule has 0 atom stereocenters. The van der Waals surface area contributed by atoms with Crippen molar-refractivity contribution in [3.05, 3.63) is 17.5 Å². The topological polar surface area (TPSA) is 44.1 Å². The van der Waals surface area contributed by atoms with Gasteiger partial charge in [0.15, 0.2) is 0 Å². The summed E-state index contributed by atoms with van der Waals surface area (Å²) in [4.78, 5) is 10.8. The molecule has 1 aromatic heterocycles. The third-order valence-electron chi connectivity index (χ3n) is 1.96. The van der Waals surface area contributed by atoms with Gasteiger partial charge in [0.25, 0.3) is 0 Å². The summed E-state index contributed by atoms with van der Waals surface area (Å²) in [6.07, 6.45) is 2.30. The van der Waals surface area contributed by atoms with Gasteiger partial charge in [-0.2, -0.15) is 5.10 Å². The number of hydrogen-bond donors (Lipinski definition) is 0. The quantitative estimate of drug-likeness (QED) is 0.656. The number of aromatic nitrogens is 2. The van der Waals surface area contributed by atoms with Crippen LogP contribution in [0.25, 0.3) is 0 Å². The number of methoxy groups -OCH3 is 1. The largest absolute Gasteiger partial charge is 0.469 e. The maximum absolute atomic E-state index is 10.8. The van der Waals surface area contributed by atoms with Crippen molar-refractivity contribution in [1.29, 1.82) is 0 Å². The molecule has 0 unspecified atom stereocenters. The summed E-state index contributed by atoms with van der Waals surface area (Å²) < 4.78 is 6.29. The SMILES string of the molecule is COC(=O)CCn1cc(C)c(C)n1. The second kappa shape index (κ2) is 4.07. The van der Waals surface area contributed by atoms with Gasteiger partial charge in [-0.25, -0.2) is 0 Å². The Morgan fingerprint density at radius 3 is 2.77 bits per heavy atom. The van der Waals surface area contributed by atoms with Crippen LogP contribution in [0.4, 0.5) is 0 Å². The Morgan fingerprint density at radius 1 is 1.62 bits per heavy atom. The van der Waals surface area contributed by atoms with E-state index in [0.29, 0.717) is 13.0 Å². The number of carbonyl (C=O) groups is 1. The Kier molecular flexibility index (Phi) is 3.06. The van der Waals surface area contributed by atoms with Crippen molar-refractivity contribution < 1.29 is 9.53 Å². The number of carbonyl (C=O) groups excluding carboxylic acids is 1. The van der Waals surface area contributed by atoms with Gasteiger partial charge < -0.3 is 4.74 Å². The minimum absolute atomic E-state index is 0.203. The molecule has 0 aliphatic heterocycles. The highest BCUT2D eigenvalue weighted by atomic mass is 16.5. The van der Waals surface area contributed by atoms with Crippen LogP contribution in [0, 0.1) is 13.8 Å². The second-order valence-corrected chi connectivity index (χ2v) is 2.99. The third kappa shape index (κ3) is 2.57. The molecule has 0 fully saturated rings. The van der Waals surface area contributed by atoms with Crippen molar-refractivity contribution in [3.63, 3.8) is 0 Å². The Labute approximate surface area is 77.5 Å². The molecule has 0 amide bonds. The first kappa shape index (κ1) is 9.77. The molecule has 1 rings (SSSR count). The highest BCUT2D eigenvalue weighted by Crippen LogP contribution is 2.03. The minimum atomic E-state index is -0.203. The lowest BCUT2D eigenvalue weighted by Crippen LogP contribution is -2.07. The lowest BCUT2D eigenvalue weighted by molar-refractivity contribution is -0.140.